The molecule has 1 N–H and O–H groups in total. The van der Waals surface area contributed by atoms with E-state index in [0.717, 1.165) is 31.6 Å². The lowest BCUT2D eigenvalue weighted by Crippen LogP contribution is -2.38. The number of aromatic nitrogens is 2. The second kappa shape index (κ2) is 7.18. The van der Waals surface area contributed by atoms with Gasteiger partial charge in [-0.25, -0.2) is 9.97 Å². The van der Waals surface area contributed by atoms with E-state index in [0.29, 0.717) is 28.3 Å². The third-order valence-corrected chi connectivity index (χ3v) is 4.46. The lowest BCUT2D eigenvalue weighted by atomic mass is 9.99. The smallest absolute Gasteiger partial charge is 0.272 e. The fraction of sp³-hybridized carbons (Fsp3) is 0.389. The molecule has 0 aliphatic carbocycles. The van der Waals surface area contributed by atoms with Crippen LogP contribution in [-0.4, -0.2) is 33.9 Å². The number of halogens is 1. The first kappa shape index (κ1) is 16.7. The van der Waals surface area contributed by atoms with Crippen molar-refractivity contribution in [2.45, 2.75) is 26.7 Å². The van der Waals surface area contributed by atoms with Gasteiger partial charge < -0.3 is 10.2 Å². The largest absolute Gasteiger partial charge is 0.340 e. The molecule has 1 aromatic heterocycles. The number of nitrogens with one attached hydrogen (secondary N) is 1. The van der Waals surface area contributed by atoms with E-state index in [2.05, 4.69) is 22.2 Å². The number of carbonyl (C=O) groups excluding carboxylic acids is 1. The molecule has 1 aromatic carbocycles. The Morgan fingerprint density at radius 1 is 1.25 bits per heavy atom. The van der Waals surface area contributed by atoms with E-state index >= 15 is 0 Å². The van der Waals surface area contributed by atoms with Gasteiger partial charge in [-0.05, 0) is 43.9 Å². The van der Waals surface area contributed by atoms with Crippen LogP contribution >= 0.6 is 11.6 Å². The van der Waals surface area contributed by atoms with Gasteiger partial charge in [0.2, 0.25) is 0 Å². The number of amides is 1. The molecule has 0 atom stereocenters. The highest BCUT2D eigenvalue weighted by atomic mass is 35.5. The maximum Gasteiger partial charge on any atom is 0.272 e. The summed E-state index contributed by atoms with van der Waals surface area (Å²) in [6.45, 7) is 5.60. The Hall–Kier alpha value is -2.14. The van der Waals surface area contributed by atoms with E-state index < -0.39 is 0 Å². The van der Waals surface area contributed by atoms with Crippen molar-refractivity contribution in [1.82, 2.24) is 14.9 Å². The first-order valence-corrected chi connectivity index (χ1v) is 8.56. The molecule has 3 rings (SSSR count). The van der Waals surface area contributed by atoms with E-state index in [4.69, 9.17) is 11.6 Å². The van der Waals surface area contributed by atoms with Crippen LogP contribution in [0.4, 0.5) is 11.5 Å². The fourth-order valence-electron chi connectivity index (χ4n) is 2.83. The van der Waals surface area contributed by atoms with Crippen LogP contribution in [-0.2, 0) is 0 Å². The van der Waals surface area contributed by atoms with Crippen molar-refractivity contribution in [2.75, 3.05) is 18.4 Å². The molecule has 2 heterocycles. The molecule has 1 amide bonds. The van der Waals surface area contributed by atoms with Crippen LogP contribution in [0.15, 0.2) is 30.3 Å². The van der Waals surface area contributed by atoms with Gasteiger partial charge in [0.1, 0.15) is 17.3 Å². The minimum absolute atomic E-state index is 0.0263. The third-order valence-electron chi connectivity index (χ3n) is 4.22. The molecular weight excluding hydrogens is 324 g/mol. The molecule has 1 saturated heterocycles. The molecule has 2 aromatic rings. The summed E-state index contributed by atoms with van der Waals surface area (Å²) in [7, 11) is 0. The number of nitrogens with zero attached hydrogens (tertiary/aromatic N) is 3. The van der Waals surface area contributed by atoms with Crippen molar-refractivity contribution < 1.29 is 4.79 Å². The van der Waals surface area contributed by atoms with Gasteiger partial charge in [0.25, 0.3) is 5.91 Å². The highest BCUT2D eigenvalue weighted by Gasteiger charge is 2.23. The number of hydrogen-bond acceptors (Lipinski definition) is 4. The average Bonchev–Trinajstić information content (AvgIpc) is 2.54. The molecule has 1 fully saturated rings. The Labute approximate surface area is 147 Å². The normalized spacial score (nSPS) is 15.4. The number of hydrogen-bond donors (Lipinski definition) is 1. The summed E-state index contributed by atoms with van der Waals surface area (Å²) in [4.78, 5) is 23.3. The second-order valence-corrected chi connectivity index (χ2v) is 6.73. The highest BCUT2D eigenvalue weighted by molar-refractivity contribution is 6.30. The minimum Gasteiger partial charge on any atom is -0.340 e. The van der Waals surface area contributed by atoms with Gasteiger partial charge in [0.05, 0.1) is 0 Å². The average molecular weight is 345 g/mol. The summed E-state index contributed by atoms with van der Waals surface area (Å²) >= 11 is 6.00. The van der Waals surface area contributed by atoms with E-state index in [9.17, 15) is 4.79 Å². The standard InChI is InChI=1S/C18H21ClN4O/c1-12-6-8-23(9-7-12)18(24)16-11-17(21-13(2)20-16)22-15-5-3-4-14(19)10-15/h3-5,10-12H,6-9H2,1-2H3,(H,20,21,22). The molecule has 5 nitrogen and oxygen atoms in total. The number of carbonyl (C=O) groups is 1. The van der Waals surface area contributed by atoms with Crippen LogP contribution in [0.2, 0.25) is 5.02 Å². The minimum atomic E-state index is -0.0263. The zero-order valence-electron chi connectivity index (χ0n) is 13.9. The van der Waals surface area contributed by atoms with Crippen molar-refractivity contribution in [3.8, 4) is 0 Å². The molecule has 0 saturated carbocycles. The summed E-state index contributed by atoms with van der Waals surface area (Å²) in [6, 6.07) is 9.08. The number of anilines is 2. The van der Waals surface area contributed by atoms with Gasteiger partial charge in [-0.1, -0.05) is 24.6 Å². The lowest BCUT2D eigenvalue weighted by molar-refractivity contribution is 0.0691. The predicted molar refractivity (Wildman–Crippen MR) is 95.8 cm³/mol. The molecule has 1 aliphatic heterocycles. The molecule has 0 unspecified atom stereocenters. The summed E-state index contributed by atoms with van der Waals surface area (Å²) < 4.78 is 0. The Balaban J connectivity index is 1.79. The molecule has 6 heteroatoms. The van der Waals surface area contributed by atoms with Gasteiger partial charge in [-0.15, -0.1) is 0 Å². The lowest BCUT2D eigenvalue weighted by Gasteiger charge is -2.30. The Bertz CT molecular complexity index is 742. The Morgan fingerprint density at radius 3 is 2.71 bits per heavy atom. The number of benzene rings is 1. The van der Waals surface area contributed by atoms with Gasteiger partial charge in [-0.2, -0.15) is 0 Å². The van der Waals surface area contributed by atoms with Crippen molar-refractivity contribution >= 4 is 29.0 Å². The maximum atomic E-state index is 12.7. The number of aryl methyl sites for hydroxylation is 1. The predicted octanol–water partition coefficient (Wildman–Crippen LogP) is 4.05. The van der Waals surface area contributed by atoms with Crippen molar-refractivity contribution in [3.05, 3.63) is 46.9 Å². The van der Waals surface area contributed by atoms with Crippen LogP contribution in [0.25, 0.3) is 0 Å². The third kappa shape index (κ3) is 4.03. The number of likely N-dealkylation sites (tertiary alicyclic amines) is 1. The van der Waals surface area contributed by atoms with Crippen LogP contribution in [0.1, 0.15) is 36.1 Å². The molecule has 1 aliphatic rings. The highest BCUT2D eigenvalue weighted by Crippen LogP contribution is 2.21. The quantitative estimate of drug-likeness (QED) is 0.912. The second-order valence-electron chi connectivity index (χ2n) is 6.30. The van der Waals surface area contributed by atoms with Gasteiger partial charge >= 0.3 is 0 Å². The molecular formula is C18H21ClN4O. The van der Waals surface area contributed by atoms with E-state index in [1.54, 1.807) is 13.0 Å². The zero-order valence-corrected chi connectivity index (χ0v) is 14.7. The number of piperidine rings is 1. The molecule has 24 heavy (non-hydrogen) atoms. The first-order chi connectivity index (χ1) is 11.5. The molecule has 126 valence electrons. The van der Waals surface area contributed by atoms with E-state index in [-0.39, 0.29) is 5.91 Å². The Kier molecular flexibility index (Phi) is 5.00. The van der Waals surface area contributed by atoms with Crippen LogP contribution in [0, 0.1) is 12.8 Å². The van der Waals surface area contributed by atoms with Crippen LogP contribution in [0.3, 0.4) is 0 Å². The summed E-state index contributed by atoms with van der Waals surface area (Å²) in [6.07, 6.45) is 2.09. The Morgan fingerprint density at radius 2 is 2.00 bits per heavy atom. The van der Waals surface area contributed by atoms with Crippen LogP contribution < -0.4 is 5.32 Å². The fourth-order valence-corrected chi connectivity index (χ4v) is 3.02. The van der Waals surface area contributed by atoms with Crippen LogP contribution in [0.5, 0.6) is 0 Å². The summed E-state index contributed by atoms with van der Waals surface area (Å²) in [5.74, 6) is 1.82. The maximum absolute atomic E-state index is 12.7. The number of rotatable bonds is 3. The molecule has 0 bridgehead atoms. The van der Waals surface area contributed by atoms with Crippen molar-refractivity contribution in [3.63, 3.8) is 0 Å². The van der Waals surface area contributed by atoms with Gasteiger partial charge in [0.15, 0.2) is 0 Å². The SMILES string of the molecule is Cc1nc(Nc2cccc(Cl)c2)cc(C(=O)N2CCC(C)CC2)n1. The zero-order chi connectivity index (χ0) is 17.1. The summed E-state index contributed by atoms with van der Waals surface area (Å²) in [5, 5.41) is 3.83. The van der Waals surface area contributed by atoms with Crippen molar-refractivity contribution in [1.29, 1.82) is 0 Å². The summed E-state index contributed by atoms with van der Waals surface area (Å²) in [5.41, 5.74) is 1.26. The van der Waals surface area contributed by atoms with E-state index in [1.807, 2.05) is 29.2 Å². The topological polar surface area (TPSA) is 58.1 Å². The van der Waals surface area contributed by atoms with Gasteiger partial charge in [0, 0.05) is 29.9 Å². The van der Waals surface area contributed by atoms with E-state index in [1.165, 1.54) is 0 Å². The molecule has 0 spiro atoms. The molecule has 0 radical (unpaired) electrons. The first-order valence-electron chi connectivity index (χ1n) is 8.19. The van der Waals surface area contributed by atoms with Crippen molar-refractivity contribution in [2.24, 2.45) is 5.92 Å². The monoisotopic (exact) mass is 344 g/mol. The van der Waals surface area contributed by atoms with Gasteiger partial charge in [-0.3, -0.25) is 4.79 Å².